The fourth-order valence-corrected chi connectivity index (χ4v) is 4.35. The van der Waals surface area contributed by atoms with Gasteiger partial charge >= 0.3 is 0 Å². The number of hydrazone groups is 1. The lowest BCUT2D eigenvalue weighted by atomic mass is 10.1. The highest BCUT2D eigenvalue weighted by atomic mass is 35.5. The second-order valence-corrected chi connectivity index (χ2v) is 8.59. The number of para-hydroxylation sites is 2. The van der Waals surface area contributed by atoms with Gasteiger partial charge in [-0.2, -0.15) is 5.10 Å². The first-order valence-corrected chi connectivity index (χ1v) is 11.1. The van der Waals surface area contributed by atoms with Crippen LogP contribution in [0.3, 0.4) is 0 Å². The van der Waals surface area contributed by atoms with Gasteiger partial charge in [0.1, 0.15) is 10.6 Å². The molecular weight excluding hydrogens is 456 g/mol. The van der Waals surface area contributed by atoms with E-state index in [-0.39, 0.29) is 22.0 Å². The van der Waals surface area contributed by atoms with E-state index in [1.54, 1.807) is 49.4 Å². The molecule has 3 aromatic rings. The van der Waals surface area contributed by atoms with Crippen molar-refractivity contribution in [3.05, 3.63) is 87.4 Å². The summed E-state index contributed by atoms with van der Waals surface area (Å²) >= 11 is 6.18. The van der Waals surface area contributed by atoms with Gasteiger partial charge in [0.2, 0.25) is 0 Å². The highest BCUT2D eigenvalue weighted by molar-refractivity contribution is 7.93. The molecule has 0 atom stereocenters. The summed E-state index contributed by atoms with van der Waals surface area (Å²) in [6, 6.07) is 16.9. The first kappa shape index (κ1) is 23.0. The Kier molecular flexibility index (Phi) is 6.96. The molecule has 0 aliphatic carbocycles. The van der Waals surface area contributed by atoms with Gasteiger partial charge < -0.3 is 4.74 Å². The lowest BCUT2D eigenvalue weighted by molar-refractivity contribution is -0.385. The van der Waals surface area contributed by atoms with Crippen LogP contribution in [0.2, 0.25) is 5.02 Å². The monoisotopic (exact) mass is 474 g/mol. The summed E-state index contributed by atoms with van der Waals surface area (Å²) in [5.41, 5.74) is 3.67. The summed E-state index contributed by atoms with van der Waals surface area (Å²) in [6.45, 7) is 1.70. The van der Waals surface area contributed by atoms with Crippen molar-refractivity contribution in [1.29, 1.82) is 0 Å². The van der Waals surface area contributed by atoms with Crippen molar-refractivity contribution < 1.29 is 18.1 Å². The minimum absolute atomic E-state index is 0.0457. The molecule has 0 saturated heterocycles. The van der Waals surface area contributed by atoms with Crippen LogP contribution in [-0.2, 0) is 10.0 Å². The molecule has 3 rings (SSSR count). The number of sulfonamides is 1. The lowest BCUT2D eigenvalue weighted by Gasteiger charge is -2.14. The van der Waals surface area contributed by atoms with Gasteiger partial charge in [-0.3, -0.25) is 20.3 Å². The van der Waals surface area contributed by atoms with E-state index in [2.05, 4.69) is 15.2 Å². The molecule has 0 aliphatic rings. The molecule has 32 heavy (non-hydrogen) atoms. The Labute approximate surface area is 189 Å². The number of rotatable bonds is 8. The van der Waals surface area contributed by atoms with Gasteiger partial charge in [-0.05, 0) is 31.2 Å². The molecule has 0 spiro atoms. The highest BCUT2D eigenvalue weighted by Gasteiger charge is 2.24. The molecule has 0 amide bonds. The quantitative estimate of drug-likeness (QED) is 0.272. The number of ether oxygens (including phenoxy) is 1. The van der Waals surface area contributed by atoms with Crippen LogP contribution >= 0.6 is 11.6 Å². The molecule has 0 unspecified atom stereocenters. The van der Waals surface area contributed by atoms with E-state index in [1.165, 1.54) is 25.3 Å². The van der Waals surface area contributed by atoms with Crippen LogP contribution in [0.25, 0.3) is 0 Å². The Morgan fingerprint density at radius 3 is 2.44 bits per heavy atom. The third-order valence-electron chi connectivity index (χ3n) is 4.42. The molecule has 0 bridgehead atoms. The fourth-order valence-electron chi connectivity index (χ4n) is 2.83. The van der Waals surface area contributed by atoms with Crippen molar-refractivity contribution in [3.63, 3.8) is 0 Å². The van der Waals surface area contributed by atoms with Crippen molar-refractivity contribution in [2.45, 2.75) is 11.8 Å². The first-order valence-electron chi connectivity index (χ1n) is 9.22. The van der Waals surface area contributed by atoms with E-state index in [1.807, 2.05) is 0 Å². The SMILES string of the molecule is COc1ccccc1NS(=O)(=O)c1cc([N+](=O)[O-])ccc1NN=C(C)c1ccccc1Cl. The summed E-state index contributed by atoms with van der Waals surface area (Å²) in [6.07, 6.45) is 0. The zero-order valence-electron chi connectivity index (χ0n) is 17.1. The fraction of sp³-hybridized carbons (Fsp3) is 0.0952. The van der Waals surface area contributed by atoms with Crippen LogP contribution in [-0.4, -0.2) is 26.2 Å². The minimum Gasteiger partial charge on any atom is -0.495 e. The molecule has 0 aromatic heterocycles. The maximum Gasteiger partial charge on any atom is 0.270 e. The molecular formula is C21H19ClN4O5S. The van der Waals surface area contributed by atoms with Gasteiger partial charge in [0.25, 0.3) is 15.7 Å². The van der Waals surface area contributed by atoms with Gasteiger partial charge in [0.05, 0.1) is 29.1 Å². The van der Waals surface area contributed by atoms with Gasteiger partial charge in [-0.15, -0.1) is 0 Å². The first-order chi connectivity index (χ1) is 15.2. The van der Waals surface area contributed by atoms with Crippen LogP contribution in [0.15, 0.2) is 76.7 Å². The molecule has 0 radical (unpaired) electrons. The molecule has 0 saturated carbocycles. The minimum atomic E-state index is -4.25. The summed E-state index contributed by atoms with van der Waals surface area (Å²) < 4.78 is 33.8. The molecule has 2 N–H and O–H groups in total. The third kappa shape index (κ3) is 5.16. The predicted molar refractivity (Wildman–Crippen MR) is 124 cm³/mol. The van der Waals surface area contributed by atoms with Crippen LogP contribution in [0.4, 0.5) is 17.1 Å². The van der Waals surface area contributed by atoms with E-state index >= 15 is 0 Å². The molecule has 3 aromatic carbocycles. The molecule has 9 nitrogen and oxygen atoms in total. The standard InChI is InChI=1S/C21H19ClN4O5S/c1-14(16-7-3-4-8-17(16)22)23-24-19-12-11-15(26(27)28)13-21(19)32(29,30)25-18-9-5-6-10-20(18)31-2/h3-13,24-25H,1-2H3. The summed E-state index contributed by atoms with van der Waals surface area (Å²) in [5.74, 6) is 0.295. The number of hydrogen-bond acceptors (Lipinski definition) is 7. The Morgan fingerprint density at radius 2 is 1.75 bits per heavy atom. The summed E-state index contributed by atoms with van der Waals surface area (Å²) in [4.78, 5) is 10.2. The third-order valence-corrected chi connectivity index (χ3v) is 6.16. The maximum absolute atomic E-state index is 13.1. The smallest absolute Gasteiger partial charge is 0.270 e. The van der Waals surface area contributed by atoms with Crippen molar-refractivity contribution >= 4 is 44.4 Å². The van der Waals surface area contributed by atoms with Crippen molar-refractivity contribution in [3.8, 4) is 5.75 Å². The topological polar surface area (TPSA) is 123 Å². The Bertz CT molecular complexity index is 1290. The lowest BCUT2D eigenvalue weighted by Crippen LogP contribution is -2.16. The van der Waals surface area contributed by atoms with Gasteiger partial charge in [0, 0.05) is 22.7 Å². The van der Waals surface area contributed by atoms with Gasteiger partial charge in [-0.1, -0.05) is 41.9 Å². The number of hydrogen-bond donors (Lipinski definition) is 2. The van der Waals surface area contributed by atoms with E-state index in [0.717, 1.165) is 6.07 Å². The van der Waals surface area contributed by atoms with E-state index < -0.39 is 14.9 Å². The number of halogens is 1. The van der Waals surface area contributed by atoms with Crippen LogP contribution < -0.4 is 14.9 Å². The zero-order valence-corrected chi connectivity index (χ0v) is 18.6. The van der Waals surface area contributed by atoms with Crippen LogP contribution in [0.5, 0.6) is 5.75 Å². The van der Waals surface area contributed by atoms with Crippen LogP contribution in [0.1, 0.15) is 12.5 Å². The van der Waals surface area contributed by atoms with Gasteiger partial charge in [-0.25, -0.2) is 8.42 Å². The summed E-state index contributed by atoms with van der Waals surface area (Å²) in [5, 5.41) is 15.9. The van der Waals surface area contributed by atoms with E-state index in [0.29, 0.717) is 22.0 Å². The largest absolute Gasteiger partial charge is 0.495 e. The van der Waals surface area contributed by atoms with Crippen molar-refractivity contribution in [1.82, 2.24) is 0 Å². The average Bonchev–Trinajstić information content (AvgIpc) is 2.77. The molecule has 166 valence electrons. The zero-order chi connectivity index (χ0) is 23.3. The number of nitro benzene ring substituents is 1. The Balaban J connectivity index is 2.02. The Hall–Kier alpha value is -3.63. The van der Waals surface area contributed by atoms with Crippen molar-refractivity contribution in [2.75, 3.05) is 17.3 Å². The number of anilines is 2. The second-order valence-electron chi connectivity index (χ2n) is 6.53. The Morgan fingerprint density at radius 1 is 1.06 bits per heavy atom. The molecule has 0 aliphatic heterocycles. The number of benzene rings is 3. The van der Waals surface area contributed by atoms with E-state index in [4.69, 9.17) is 16.3 Å². The number of nitrogens with one attached hydrogen (secondary N) is 2. The van der Waals surface area contributed by atoms with E-state index in [9.17, 15) is 18.5 Å². The summed E-state index contributed by atoms with van der Waals surface area (Å²) in [7, 11) is -2.84. The molecule has 0 heterocycles. The van der Waals surface area contributed by atoms with Crippen molar-refractivity contribution in [2.24, 2.45) is 5.10 Å². The normalized spacial score (nSPS) is 11.7. The second kappa shape index (κ2) is 9.67. The van der Waals surface area contributed by atoms with Crippen LogP contribution in [0, 0.1) is 10.1 Å². The number of non-ortho nitro benzene ring substituents is 1. The average molecular weight is 475 g/mol. The maximum atomic E-state index is 13.1. The highest BCUT2D eigenvalue weighted by Crippen LogP contribution is 2.31. The number of nitrogens with zero attached hydrogens (tertiary/aromatic N) is 2. The molecule has 0 fully saturated rings. The number of methoxy groups -OCH3 is 1. The predicted octanol–water partition coefficient (Wildman–Crippen LogP) is 4.89. The molecule has 11 heteroatoms. The number of nitro groups is 1. The van der Waals surface area contributed by atoms with Gasteiger partial charge in [0.15, 0.2) is 0 Å².